The van der Waals surface area contributed by atoms with E-state index in [-0.39, 0.29) is 17.8 Å². The number of aromatic nitrogens is 4. The van der Waals surface area contributed by atoms with Gasteiger partial charge in [-0.25, -0.2) is 14.8 Å². The van der Waals surface area contributed by atoms with Crippen LogP contribution < -0.4 is 10.1 Å². The molecule has 1 fully saturated rings. The van der Waals surface area contributed by atoms with Crippen molar-refractivity contribution >= 4 is 17.7 Å². The molecule has 4 rings (SSSR count). The molecule has 35 heavy (non-hydrogen) atoms. The minimum absolute atomic E-state index is 0.0943. The molecule has 10 heteroatoms. The Kier molecular flexibility index (Phi) is 6.87. The van der Waals surface area contributed by atoms with Crippen LogP contribution in [0.4, 0.5) is 16.4 Å². The first-order valence-electron chi connectivity index (χ1n) is 11.5. The number of H-pyrrole nitrogens is 1. The summed E-state index contributed by atoms with van der Waals surface area (Å²) >= 11 is 0. The van der Waals surface area contributed by atoms with Crippen molar-refractivity contribution in [3.05, 3.63) is 47.9 Å². The molecule has 1 atom stereocenters. The number of nitriles is 1. The van der Waals surface area contributed by atoms with E-state index >= 15 is 0 Å². The molecule has 1 aliphatic rings. The third-order valence-electron chi connectivity index (χ3n) is 5.63. The molecule has 3 aromatic rings. The van der Waals surface area contributed by atoms with Gasteiger partial charge in [-0.2, -0.15) is 10.4 Å². The highest BCUT2D eigenvalue weighted by Gasteiger charge is 2.32. The summed E-state index contributed by atoms with van der Waals surface area (Å²) in [4.78, 5) is 22.6. The van der Waals surface area contributed by atoms with Gasteiger partial charge in [0.1, 0.15) is 23.2 Å². The van der Waals surface area contributed by atoms with Gasteiger partial charge in [-0.05, 0) is 57.7 Å². The summed E-state index contributed by atoms with van der Waals surface area (Å²) in [5.41, 5.74) is 2.44. The second-order valence-electron chi connectivity index (χ2n) is 9.40. The average Bonchev–Trinajstić information content (AvgIpc) is 3.48. The van der Waals surface area contributed by atoms with E-state index in [0.29, 0.717) is 23.9 Å². The van der Waals surface area contributed by atoms with Crippen LogP contribution in [0.25, 0.3) is 11.3 Å². The summed E-state index contributed by atoms with van der Waals surface area (Å²) in [6.45, 7) is 6.36. The number of nitrogens with zero attached hydrogens (tertiary/aromatic N) is 5. The molecular formula is C25H29N7O3. The lowest BCUT2D eigenvalue weighted by atomic mass is 10.0. The van der Waals surface area contributed by atoms with E-state index in [1.165, 1.54) is 12.4 Å². The Bertz CT molecular complexity index is 1230. The Hall–Kier alpha value is -4.13. The Morgan fingerprint density at radius 2 is 2.09 bits per heavy atom. The predicted octanol–water partition coefficient (Wildman–Crippen LogP) is 4.43. The molecule has 1 aromatic carbocycles. The molecule has 1 amide bonds. The van der Waals surface area contributed by atoms with Crippen LogP contribution in [0, 0.1) is 11.3 Å². The van der Waals surface area contributed by atoms with E-state index < -0.39 is 5.60 Å². The van der Waals surface area contributed by atoms with Gasteiger partial charge < -0.3 is 19.7 Å². The number of benzene rings is 1. The molecule has 3 heterocycles. The first-order chi connectivity index (χ1) is 16.8. The van der Waals surface area contributed by atoms with Gasteiger partial charge >= 0.3 is 6.09 Å². The molecule has 0 aliphatic carbocycles. The average molecular weight is 476 g/mol. The molecule has 1 aliphatic heterocycles. The van der Waals surface area contributed by atoms with E-state index in [0.717, 1.165) is 36.1 Å². The van der Waals surface area contributed by atoms with Crippen LogP contribution in [-0.2, 0) is 11.2 Å². The van der Waals surface area contributed by atoms with Gasteiger partial charge in [0.05, 0.1) is 25.2 Å². The lowest BCUT2D eigenvalue weighted by molar-refractivity contribution is 0.0227. The zero-order valence-corrected chi connectivity index (χ0v) is 20.3. The summed E-state index contributed by atoms with van der Waals surface area (Å²) in [5, 5.41) is 19.2. The summed E-state index contributed by atoms with van der Waals surface area (Å²) in [7, 11) is 1.63. The highest BCUT2D eigenvalue weighted by molar-refractivity contribution is 5.71. The SMILES string of the molecule is COc1cc(C[C@H]2CCCN2C(=O)OC(C)(C)C)ccc1-c1cc(Nc2cnc(C#N)cn2)n[nH]1. The van der Waals surface area contributed by atoms with E-state index in [1.54, 1.807) is 7.11 Å². The minimum atomic E-state index is -0.514. The summed E-state index contributed by atoms with van der Waals surface area (Å²) < 4.78 is 11.3. The zero-order valence-electron chi connectivity index (χ0n) is 20.3. The van der Waals surface area contributed by atoms with Crippen LogP contribution in [0.3, 0.4) is 0 Å². The largest absolute Gasteiger partial charge is 0.496 e. The number of hydrogen-bond acceptors (Lipinski definition) is 8. The van der Waals surface area contributed by atoms with Crippen molar-refractivity contribution in [2.24, 2.45) is 0 Å². The van der Waals surface area contributed by atoms with Crippen LogP contribution in [0.5, 0.6) is 5.75 Å². The van der Waals surface area contributed by atoms with Gasteiger partial charge in [0.2, 0.25) is 0 Å². The highest BCUT2D eigenvalue weighted by Crippen LogP contribution is 2.33. The minimum Gasteiger partial charge on any atom is -0.496 e. The molecule has 0 radical (unpaired) electrons. The molecule has 1 saturated heterocycles. The fraction of sp³-hybridized carbons (Fsp3) is 0.400. The van der Waals surface area contributed by atoms with Gasteiger partial charge in [0.25, 0.3) is 0 Å². The van der Waals surface area contributed by atoms with Gasteiger partial charge in [0.15, 0.2) is 11.5 Å². The van der Waals surface area contributed by atoms with E-state index in [1.807, 2.05) is 56.0 Å². The summed E-state index contributed by atoms with van der Waals surface area (Å²) in [6.07, 6.45) is 5.25. The predicted molar refractivity (Wildman–Crippen MR) is 130 cm³/mol. The van der Waals surface area contributed by atoms with Crippen molar-refractivity contribution in [3.8, 4) is 23.1 Å². The number of methoxy groups -OCH3 is 1. The standard InChI is InChI=1S/C25H29N7O3/c1-25(2,3)35-24(33)32-9-5-6-18(32)10-16-7-8-19(21(11-16)34-4)20-12-22(31-30-20)29-23-15-27-17(13-26)14-28-23/h7-8,11-12,14-15,18H,5-6,9-10H2,1-4H3,(H2,28,29,30,31)/t18-/m1/s1. The number of anilines is 2. The number of hydrogen-bond donors (Lipinski definition) is 2. The maximum atomic E-state index is 12.6. The molecule has 2 N–H and O–H groups in total. The number of nitrogens with one attached hydrogen (secondary N) is 2. The maximum absolute atomic E-state index is 12.6. The van der Waals surface area contributed by atoms with Gasteiger partial charge in [-0.3, -0.25) is 5.10 Å². The lowest BCUT2D eigenvalue weighted by Gasteiger charge is -2.28. The molecule has 0 spiro atoms. The Labute approximate surface area is 204 Å². The third kappa shape index (κ3) is 5.87. The Balaban J connectivity index is 1.47. The smallest absolute Gasteiger partial charge is 0.410 e. The quantitative estimate of drug-likeness (QED) is 0.536. The molecular weight excluding hydrogens is 446 g/mol. The van der Waals surface area contributed by atoms with E-state index in [2.05, 4.69) is 25.5 Å². The number of amides is 1. The van der Waals surface area contributed by atoms with Crippen molar-refractivity contribution in [3.63, 3.8) is 0 Å². The Morgan fingerprint density at radius 3 is 2.77 bits per heavy atom. The van der Waals surface area contributed by atoms with Gasteiger partial charge in [-0.15, -0.1) is 0 Å². The highest BCUT2D eigenvalue weighted by atomic mass is 16.6. The number of rotatable bonds is 6. The van der Waals surface area contributed by atoms with Crippen LogP contribution in [-0.4, -0.2) is 56.5 Å². The van der Waals surface area contributed by atoms with Crippen molar-refractivity contribution < 1.29 is 14.3 Å². The topological polar surface area (TPSA) is 129 Å². The number of carbonyl (C=O) groups is 1. The fourth-order valence-electron chi connectivity index (χ4n) is 4.07. The molecule has 0 saturated carbocycles. The van der Waals surface area contributed by atoms with E-state index in [9.17, 15) is 4.79 Å². The van der Waals surface area contributed by atoms with Crippen molar-refractivity contribution in [1.82, 2.24) is 25.1 Å². The first-order valence-corrected chi connectivity index (χ1v) is 11.5. The number of likely N-dealkylation sites (tertiary alicyclic amines) is 1. The van der Waals surface area contributed by atoms with Crippen LogP contribution in [0.2, 0.25) is 0 Å². The second-order valence-corrected chi connectivity index (χ2v) is 9.40. The second kappa shape index (κ2) is 10.0. The van der Waals surface area contributed by atoms with Crippen LogP contribution in [0.15, 0.2) is 36.7 Å². The van der Waals surface area contributed by atoms with Crippen LogP contribution in [0.1, 0.15) is 44.9 Å². The van der Waals surface area contributed by atoms with Crippen molar-refractivity contribution in [2.75, 3.05) is 19.0 Å². The molecule has 10 nitrogen and oxygen atoms in total. The van der Waals surface area contributed by atoms with Gasteiger partial charge in [-0.1, -0.05) is 6.07 Å². The number of ether oxygens (including phenoxy) is 2. The third-order valence-corrected chi connectivity index (χ3v) is 5.63. The normalized spacial score (nSPS) is 15.5. The molecule has 0 unspecified atom stereocenters. The molecule has 182 valence electrons. The molecule has 0 bridgehead atoms. The van der Waals surface area contributed by atoms with E-state index in [4.69, 9.17) is 14.7 Å². The fourth-order valence-corrected chi connectivity index (χ4v) is 4.07. The maximum Gasteiger partial charge on any atom is 0.410 e. The van der Waals surface area contributed by atoms with Crippen molar-refractivity contribution in [1.29, 1.82) is 5.26 Å². The summed E-state index contributed by atoms with van der Waals surface area (Å²) in [6, 6.07) is 9.91. The zero-order chi connectivity index (χ0) is 25.0. The lowest BCUT2D eigenvalue weighted by Crippen LogP contribution is -2.40. The first kappa shape index (κ1) is 24.0. The number of carbonyl (C=O) groups excluding carboxylic acids is 1. The summed E-state index contributed by atoms with van der Waals surface area (Å²) in [5.74, 6) is 1.75. The number of aromatic amines is 1. The van der Waals surface area contributed by atoms with Crippen LogP contribution >= 0.6 is 0 Å². The van der Waals surface area contributed by atoms with Gasteiger partial charge in [0, 0.05) is 24.2 Å². The van der Waals surface area contributed by atoms with Crippen molar-refractivity contribution in [2.45, 2.75) is 51.7 Å². The Morgan fingerprint density at radius 1 is 1.26 bits per heavy atom. The molecule has 2 aromatic heterocycles. The monoisotopic (exact) mass is 475 g/mol.